The minimum Gasteiger partial charge on any atom is -0.330 e. The van der Waals surface area contributed by atoms with Crippen molar-refractivity contribution in [3.05, 3.63) is 0 Å². The van der Waals surface area contributed by atoms with Gasteiger partial charge >= 0.3 is 0 Å². The Labute approximate surface area is 90.8 Å². The normalized spacial score (nSPS) is 32.1. The van der Waals surface area contributed by atoms with Gasteiger partial charge in [-0.05, 0) is 39.0 Å². The van der Waals surface area contributed by atoms with E-state index in [1.165, 1.54) is 0 Å². The van der Waals surface area contributed by atoms with Crippen LogP contribution >= 0.6 is 0 Å². The van der Waals surface area contributed by atoms with Crippen LogP contribution in [0.4, 0.5) is 0 Å². The Morgan fingerprint density at radius 2 is 1.93 bits per heavy atom. The van der Waals surface area contributed by atoms with Crippen molar-refractivity contribution in [2.45, 2.75) is 64.0 Å². The van der Waals surface area contributed by atoms with Gasteiger partial charge in [-0.25, -0.2) is 0 Å². The van der Waals surface area contributed by atoms with Gasteiger partial charge in [-0.1, -0.05) is 6.42 Å². The lowest BCUT2D eigenvalue weighted by Crippen LogP contribution is -2.52. The van der Waals surface area contributed by atoms with Gasteiger partial charge in [0.05, 0.1) is 6.04 Å². The first-order valence-electron chi connectivity index (χ1n) is 6.02. The lowest BCUT2D eigenvalue weighted by atomic mass is 9.92. The van der Waals surface area contributed by atoms with Crippen LogP contribution in [-0.4, -0.2) is 28.7 Å². The van der Waals surface area contributed by atoms with Gasteiger partial charge in [0.1, 0.15) is 0 Å². The third-order valence-electron chi connectivity index (χ3n) is 3.68. The van der Waals surface area contributed by atoms with Crippen molar-refractivity contribution in [3.63, 3.8) is 0 Å². The van der Waals surface area contributed by atoms with E-state index in [0.717, 1.165) is 38.5 Å². The van der Waals surface area contributed by atoms with Gasteiger partial charge in [-0.15, -0.1) is 0 Å². The van der Waals surface area contributed by atoms with Crippen molar-refractivity contribution in [1.29, 1.82) is 0 Å². The summed E-state index contributed by atoms with van der Waals surface area (Å²) in [6.07, 6.45) is 6.93. The summed E-state index contributed by atoms with van der Waals surface area (Å²) in [5, 5.41) is 0. The second-order valence-corrected chi connectivity index (χ2v) is 4.76. The molecule has 2 rings (SSSR count). The summed E-state index contributed by atoms with van der Waals surface area (Å²) in [4.78, 5) is 25.4. The van der Waals surface area contributed by atoms with E-state index in [1.54, 1.807) is 6.92 Å². The maximum absolute atomic E-state index is 11.9. The number of piperidine rings is 1. The quantitative estimate of drug-likeness (QED) is 0.661. The number of rotatable bonds is 1. The van der Waals surface area contributed by atoms with Crippen LogP contribution in [0.5, 0.6) is 0 Å². The SMILES string of the molecule is CC(=O)C1CCCC2CCCCC(=O)N21. The molecule has 2 atom stereocenters. The number of ketones is 1. The lowest BCUT2D eigenvalue weighted by Gasteiger charge is -2.40. The van der Waals surface area contributed by atoms with Gasteiger partial charge < -0.3 is 4.90 Å². The second kappa shape index (κ2) is 4.33. The summed E-state index contributed by atoms with van der Waals surface area (Å²) in [5.41, 5.74) is 0. The van der Waals surface area contributed by atoms with Crippen molar-refractivity contribution in [1.82, 2.24) is 4.90 Å². The number of hydrogen-bond acceptors (Lipinski definition) is 2. The predicted octanol–water partition coefficient (Wildman–Crippen LogP) is 1.90. The van der Waals surface area contributed by atoms with Crippen molar-refractivity contribution in [3.8, 4) is 0 Å². The minimum atomic E-state index is -0.116. The molecule has 0 spiro atoms. The second-order valence-electron chi connectivity index (χ2n) is 4.76. The third kappa shape index (κ3) is 2.06. The molecule has 0 N–H and O–H groups in total. The van der Waals surface area contributed by atoms with E-state index >= 15 is 0 Å². The molecule has 2 aliphatic heterocycles. The zero-order valence-corrected chi connectivity index (χ0v) is 9.37. The van der Waals surface area contributed by atoms with Gasteiger partial charge in [0.25, 0.3) is 0 Å². The Morgan fingerprint density at radius 3 is 2.67 bits per heavy atom. The minimum absolute atomic E-state index is 0.116. The number of carbonyl (C=O) groups excluding carboxylic acids is 2. The molecule has 2 aliphatic rings. The Balaban J connectivity index is 2.20. The highest BCUT2D eigenvalue weighted by molar-refractivity contribution is 5.88. The van der Waals surface area contributed by atoms with Gasteiger partial charge in [0, 0.05) is 12.5 Å². The van der Waals surface area contributed by atoms with Crippen LogP contribution in [0.15, 0.2) is 0 Å². The van der Waals surface area contributed by atoms with Gasteiger partial charge in [-0.3, -0.25) is 9.59 Å². The van der Waals surface area contributed by atoms with Gasteiger partial charge in [0.15, 0.2) is 5.78 Å². The van der Waals surface area contributed by atoms with Crippen molar-refractivity contribution in [2.24, 2.45) is 0 Å². The fourth-order valence-electron chi connectivity index (χ4n) is 2.92. The number of amides is 1. The fraction of sp³-hybridized carbons (Fsp3) is 0.833. The molecule has 0 aromatic heterocycles. The molecular formula is C12H19NO2. The highest BCUT2D eigenvalue weighted by atomic mass is 16.2. The smallest absolute Gasteiger partial charge is 0.223 e. The maximum atomic E-state index is 11.9. The summed E-state index contributed by atoms with van der Waals surface area (Å²) in [7, 11) is 0. The van der Waals surface area contributed by atoms with Crippen molar-refractivity contribution >= 4 is 11.7 Å². The fourth-order valence-corrected chi connectivity index (χ4v) is 2.92. The maximum Gasteiger partial charge on any atom is 0.223 e. The van der Waals surface area contributed by atoms with Crippen LogP contribution in [0, 0.1) is 0 Å². The topological polar surface area (TPSA) is 37.4 Å². The first-order chi connectivity index (χ1) is 7.20. The van der Waals surface area contributed by atoms with Crippen LogP contribution < -0.4 is 0 Å². The van der Waals surface area contributed by atoms with Gasteiger partial charge in [-0.2, -0.15) is 0 Å². The zero-order valence-electron chi connectivity index (χ0n) is 9.37. The van der Waals surface area contributed by atoms with Crippen LogP contribution in [0.2, 0.25) is 0 Å². The molecule has 0 aromatic rings. The Morgan fingerprint density at radius 1 is 1.20 bits per heavy atom. The van der Waals surface area contributed by atoms with Crippen molar-refractivity contribution in [2.75, 3.05) is 0 Å². The first kappa shape index (κ1) is 10.7. The molecule has 0 aromatic carbocycles. The standard InChI is InChI=1S/C12H19NO2/c1-9(14)11-7-4-6-10-5-2-3-8-12(15)13(10)11/h10-11H,2-8H2,1H3. The molecule has 0 aliphatic carbocycles. The Hall–Kier alpha value is -0.860. The molecule has 2 unspecified atom stereocenters. The van der Waals surface area contributed by atoms with Crippen LogP contribution in [0.1, 0.15) is 51.9 Å². The van der Waals surface area contributed by atoms with E-state index in [4.69, 9.17) is 0 Å². The molecule has 0 bridgehead atoms. The van der Waals surface area contributed by atoms with E-state index in [0.29, 0.717) is 12.5 Å². The van der Waals surface area contributed by atoms with Gasteiger partial charge in [0.2, 0.25) is 5.91 Å². The summed E-state index contributed by atoms with van der Waals surface area (Å²) >= 11 is 0. The van der Waals surface area contributed by atoms with Crippen LogP contribution in [-0.2, 0) is 9.59 Å². The highest BCUT2D eigenvalue weighted by Gasteiger charge is 2.36. The lowest BCUT2D eigenvalue weighted by molar-refractivity contribution is -0.143. The molecule has 2 heterocycles. The predicted molar refractivity (Wildman–Crippen MR) is 57.4 cm³/mol. The third-order valence-corrected chi connectivity index (χ3v) is 3.68. The Bertz CT molecular complexity index is 275. The molecule has 2 saturated heterocycles. The average Bonchev–Trinajstić information content (AvgIpc) is 2.40. The summed E-state index contributed by atoms with van der Waals surface area (Å²) in [6, 6.07) is 0.233. The summed E-state index contributed by atoms with van der Waals surface area (Å²) in [5.74, 6) is 0.368. The molecule has 3 heteroatoms. The molecule has 3 nitrogen and oxygen atoms in total. The van der Waals surface area contributed by atoms with E-state index in [-0.39, 0.29) is 17.7 Å². The van der Waals surface area contributed by atoms with Crippen LogP contribution in [0.3, 0.4) is 0 Å². The average molecular weight is 209 g/mol. The molecule has 0 radical (unpaired) electrons. The zero-order chi connectivity index (χ0) is 10.8. The van der Waals surface area contributed by atoms with E-state index in [2.05, 4.69) is 0 Å². The number of fused-ring (bicyclic) bond motifs is 1. The highest BCUT2D eigenvalue weighted by Crippen LogP contribution is 2.30. The number of carbonyl (C=O) groups is 2. The van der Waals surface area contributed by atoms with E-state index in [1.807, 2.05) is 4.90 Å². The number of nitrogens with zero attached hydrogens (tertiary/aromatic N) is 1. The molecule has 2 fully saturated rings. The molecule has 15 heavy (non-hydrogen) atoms. The molecule has 0 saturated carbocycles. The Kier molecular flexibility index (Phi) is 3.08. The number of hydrogen-bond donors (Lipinski definition) is 0. The summed E-state index contributed by atoms with van der Waals surface area (Å²) < 4.78 is 0. The van der Waals surface area contributed by atoms with E-state index < -0.39 is 0 Å². The molecule has 84 valence electrons. The number of Topliss-reactive ketones (excluding diaryl/α,β-unsaturated/α-hetero) is 1. The summed E-state index contributed by atoms with van der Waals surface area (Å²) in [6.45, 7) is 1.62. The monoisotopic (exact) mass is 209 g/mol. The largest absolute Gasteiger partial charge is 0.330 e. The molecular weight excluding hydrogens is 190 g/mol. The van der Waals surface area contributed by atoms with Crippen molar-refractivity contribution < 1.29 is 9.59 Å². The molecule has 1 amide bonds. The van der Waals surface area contributed by atoms with Crippen LogP contribution in [0.25, 0.3) is 0 Å². The van der Waals surface area contributed by atoms with E-state index in [9.17, 15) is 9.59 Å². The first-order valence-corrected chi connectivity index (χ1v) is 6.02.